The second kappa shape index (κ2) is 7.58. The zero-order valence-electron chi connectivity index (χ0n) is 15.6. The molecule has 148 valence electrons. The summed E-state index contributed by atoms with van der Waals surface area (Å²) in [5, 5.41) is 6.26. The number of carbonyl (C=O) groups excluding carboxylic acids is 1. The summed E-state index contributed by atoms with van der Waals surface area (Å²) in [4.78, 5) is 17.7. The molecule has 0 saturated heterocycles. The minimum Gasteiger partial charge on any atom is -0.297 e. The number of amides is 1. The molecule has 0 bridgehead atoms. The first-order valence-electron chi connectivity index (χ1n) is 8.61. The fraction of sp³-hybridized carbons (Fsp3) is 0.100. The Hall–Kier alpha value is -2.75. The van der Waals surface area contributed by atoms with Crippen LogP contribution in [0.1, 0.15) is 9.67 Å². The lowest BCUT2D eigenvalue weighted by atomic mass is 10.1. The van der Waals surface area contributed by atoms with E-state index in [9.17, 15) is 13.2 Å². The first-order valence-corrected chi connectivity index (χ1v) is 12.2. The van der Waals surface area contributed by atoms with Crippen LogP contribution in [-0.2, 0) is 10.0 Å². The van der Waals surface area contributed by atoms with Crippen LogP contribution in [0.15, 0.2) is 60.0 Å². The van der Waals surface area contributed by atoms with Crippen LogP contribution in [0.4, 0.5) is 10.8 Å². The van der Waals surface area contributed by atoms with Gasteiger partial charge in [0.1, 0.15) is 0 Å². The van der Waals surface area contributed by atoms with Crippen molar-refractivity contribution < 1.29 is 13.2 Å². The zero-order chi connectivity index (χ0) is 20.6. The summed E-state index contributed by atoms with van der Waals surface area (Å²) in [6, 6.07) is 16.8. The van der Waals surface area contributed by atoms with Gasteiger partial charge in [0.2, 0.25) is 10.0 Å². The Balaban J connectivity index is 1.50. The molecule has 0 unspecified atom stereocenters. The van der Waals surface area contributed by atoms with Crippen molar-refractivity contribution in [2.45, 2.75) is 0 Å². The van der Waals surface area contributed by atoms with Crippen molar-refractivity contribution in [3.63, 3.8) is 0 Å². The normalized spacial score (nSPS) is 11.5. The van der Waals surface area contributed by atoms with Crippen LogP contribution in [0.25, 0.3) is 21.3 Å². The Morgan fingerprint density at radius 1 is 1.10 bits per heavy atom. The number of benzene rings is 2. The zero-order valence-corrected chi connectivity index (χ0v) is 18.1. The maximum absolute atomic E-state index is 12.5. The van der Waals surface area contributed by atoms with E-state index in [1.165, 1.54) is 34.0 Å². The largest absolute Gasteiger partial charge is 0.297 e. The minimum absolute atomic E-state index is 0.183. The molecule has 4 aromatic rings. The topological polar surface area (TPSA) is 79.4 Å². The molecule has 2 heterocycles. The molecule has 0 saturated carbocycles. The molecule has 2 aromatic heterocycles. The Labute approximate surface area is 176 Å². The fourth-order valence-corrected chi connectivity index (χ4v) is 4.93. The van der Waals surface area contributed by atoms with Crippen molar-refractivity contribution in [3.05, 3.63) is 64.9 Å². The number of rotatable bonds is 5. The summed E-state index contributed by atoms with van der Waals surface area (Å²) in [5.74, 6) is -0.183. The van der Waals surface area contributed by atoms with Gasteiger partial charge in [-0.25, -0.2) is 13.4 Å². The molecule has 0 atom stereocenters. The smallest absolute Gasteiger partial charge is 0.267 e. The summed E-state index contributed by atoms with van der Waals surface area (Å²) in [7, 11) is -1.80. The number of anilines is 2. The van der Waals surface area contributed by atoms with E-state index in [0.717, 1.165) is 27.6 Å². The molecule has 4 rings (SSSR count). The average Bonchev–Trinajstić information content (AvgIpc) is 3.33. The maximum Gasteiger partial charge on any atom is 0.267 e. The van der Waals surface area contributed by atoms with Crippen molar-refractivity contribution >= 4 is 59.5 Å². The van der Waals surface area contributed by atoms with Gasteiger partial charge in [0.15, 0.2) is 5.13 Å². The third kappa shape index (κ3) is 4.16. The highest BCUT2D eigenvalue weighted by molar-refractivity contribution is 7.92. The quantitative estimate of drug-likeness (QED) is 0.486. The van der Waals surface area contributed by atoms with Crippen LogP contribution in [0.5, 0.6) is 0 Å². The Kier molecular flexibility index (Phi) is 5.12. The standard InChI is InChI=1S/C20H17N3O3S3/c1-23(29(2,25)26)15-9-7-13(8-10-15)16-12-27-20(21-16)22-19(24)18-11-14-5-3-4-6-17(14)28-18/h3-12H,1-2H3,(H,21,22,24). The lowest BCUT2D eigenvalue weighted by Crippen LogP contribution is -2.24. The summed E-state index contributed by atoms with van der Waals surface area (Å²) in [6.07, 6.45) is 1.16. The van der Waals surface area contributed by atoms with E-state index < -0.39 is 10.0 Å². The first-order chi connectivity index (χ1) is 13.8. The van der Waals surface area contributed by atoms with Crippen LogP contribution >= 0.6 is 22.7 Å². The van der Waals surface area contributed by atoms with Crippen molar-refractivity contribution in [1.29, 1.82) is 0 Å². The highest BCUT2D eigenvalue weighted by atomic mass is 32.2. The van der Waals surface area contributed by atoms with Crippen LogP contribution in [0, 0.1) is 0 Å². The molecule has 0 radical (unpaired) electrons. The number of nitrogens with one attached hydrogen (secondary N) is 1. The Morgan fingerprint density at radius 2 is 1.83 bits per heavy atom. The van der Waals surface area contributed by atoms with Gasteiger partial charge in [-0.2, -0.15) is 0 Å². The van der Waals surface area contributed by atoms with E-state index in [4.69, 9.17) is 0 Å². The SMILES string of the molecule is CN(c1ccc(-c2csc(NC(=O)c3cc4ccccc4s3)n2)cc1)S(C)(=O)=O. The van der Waals surface area contributed by atoms with Crippen molar-refractivity contribution in [2.24, 2.45) is 0 Å². The second-order valence-corrected chi connectivity index (χ2v) is 10.4. The number of thiazole rings is 1. The number of aromatic nitrogens is 1. The van der Waals surface area contributed by atoms with Gasteiger partial charge in [-0.05, 0) is 29.7 Å². The molecule has 0 aliphatic heterocycles. The van der Waals surface area contributed by atoms with E-state index in [0.29, 0.717) is 15.7 Å². The molecule has 0 fully saturated rings. The molecule has 0 aliphatic carbocycles. The number of hydrogen-bond donors (Lipinski definition) is 1. The van der Waals surface area contributed by atoms with Crippen LogP contribution < -0.4 is 9.62 Å². The number of sulfonamides is 1. The molecular weight excluding hydrogens is 426 g/mol. The summed E-state index contributed by atoms with van der Waals surface area (Å²) >= 11 is 2.79. The van der Waals surface area contributed by atoms with Gasteiger partial charge in [-0.15, -0.1) is 22.7 Å². The molecule has 1 amide bonds. The molecular formula is C20H17N3O3S3. The van der Waals surface area contributed by atoms with Crippen molar-refractivity contribution in [2.75, 3.05) is 22.9 Å². The third-order valence-corrected chi connectivity index (χ3v) is 7.48. The van der Waals surface area contributed by atoms with Crippen molar-refractivity contribution in [1.82, 2.24) is 4.98 Å². The van der Waals surface area contributed by atoms with Gasteiger partial charge >= 0.3 is 0 Å². The highest BCUT2D eigenvalue weighted by Gasteiger charge is 2.14. The van der Waals surface area contributed by atoms with E-state index in [1.807, 2.05) is 47.8 Å². The maximum atomic E-state index is 12.5. The van der Waals surface area contributed by atoms with Gasteiger partial charge in [-0.1, -0.05) is 30.3 Å². The molecule has 6 nitrogen and oxygen atoms in total. The average molecular weight is 444 g/mol. The number of fused-ring (bicyclic) bond motifs is 1. The Bertz CT molecular complexity index is 1260. The van der Waals surface area contributed by atoms with Gasteiger partial charge in [-0.3, -0.25) is 14.4 Å². The van der Waals surface area contributed by atoms with Gasteiger partial charge in [0, 0.05) is 22.7 Å². The number of hydrogen-bond acceptors (Lipinski definition) is 6. The van der Waals surface area contributed by atoms with Crippen LogP contribution in [0.2, 0.25) is 0 Å². The molecule has 0 spiro atoms. The third-order valence-electron chi connectivity index (χ3n) is 4.40. The number of nitrogens with zero attached hydrogens (tertiary/aromatic N) is 2. The molecule has 9 heteroatoms. The fourth-order valence-electron chi connectivity index (χ4n) is 2.75. The molecule has 2 aromatic carbocycles. The number of carbonyl (C=O) groups is 1. The van der Waals surface area contributed by atoms with Crippen molar-refractivity contribution in [3.8, 4) is 11.3 Å². The monoisotopic (exact) mass is 443 g/mol. The second-order valence-electron chi connectivity index (χ2n) is 6.42. The van der Waals surface area contributed by atoms with E-state index in [-0.39, 0.29) is 5.91 Å². The van der Waals surface area contributed by atoms with E-state index in [2.05, 4.69) is 10.3 Å². The van der Waals surface area contributed by atoms with E-state index in [1.54, 1.807) is 12.1 Å². The minimum atomic E-state index is -3.31. The predicted molar refractivity (Wildman–Crippen MR) is 121 cm³/mol. The first kappa shape index (κ1) is 19.6. The van der Waals surface area contributed by atoms with Gasteiger partial charge in [0.25, 0.3) is 5.91 Å². The predicted octanol–water partition coefficient (Wildman–Crippen LogP) is 4.67. The summed E-state index contributed by atoms with van der Waals surface area (Å²) in [6.45, 7) is 0. The Morgan fingerprint density at radius 3 is 2.52 bits per heavy atom. The molecule has 1 N–H and O–H groups in total. The summed E-state index contributed by atoms with van der Waals surface area (Å²) < 4.78 is 25.6. The molecule has 29 heavy (non-hydrogen) atoms. The van der Waals surface area contributed by atoms with Gasteiger partial charge < -0.3 is 0 Å². The van der Waals surface area contributed by atoms with E-state index >= 15 is 0 Å². The van der Waals surface area contributed by atoms with Gasteiger partial charge in [0.05, 0.1) is 22.5 Å². The number of thiophene rings is 1. The summed E-state index contributed by atoms with van der Waals surface area (Å²) in [5.41, 5.74) is 2.13. The highest BCUT2D eigenvalue weighted by Crippen LogP contribution is 2.29. The lowest BCUT2D eigenvalue weighted by molar-refractivity contribution is 0.103. The van der Waals surface area contributed by atoms with Crippen LogP contribution in [0.3, 0.4) is 0 Å². The van der Waals surface area contributed by atoms with Crippen LogP contribution in [-0.4, -0.2) is 32.6 Å². The molecule has 0 aliphatic rings. The lowest BCUT2D eigenvalue weighted by Gasteiger charge is -2.16.